The number of hydrogen-bond donors (Lipinski definition) is 1. The van der Waals surface area contributed by atoms with Crippen molar-refractivity contribution in [3.63, 3.8) is 0 Å². The van der Waals surface area contributed by atoms with Gasteiger partial charge in [-0.3, -0.25) is 5.32 Å². The van der Waals surface area contributed by atoms with E-state index in [-0.39, 0.29) is 0 Å². The molecule has 0 fully saturated rings. The average molecular weight is 440 g/mol. The van der Waals surface area contributed by atoms with Crippen molar-refractivity contribution < 1.29 is 4.74 Å². The molecule has 4 heteroatoms. The smallest absolute Gasteiger partial charge is 0.118 e. The minimum absolute atomic E-state index is 0.398. The fraction of sp³-hybridized carbons (Fsp3) is 0.276. The van der Waals surface area contributed by atoms with Gasteiger partial charge in [-0.25, -0.2) is 4.98 Å². The van der Waals surface area contributed by atoms with E-state index >= 15 is 0 Å². The standard InChI is InChI=1S/C29H33N3O/c1-3-4-10-25-11-8-9-14-28(25)29(26-12-6-5-7-13-26,31-23-32-20-19-30-22-32)21-24-15-17-27(33-2)18-16-24/h5-9,11-20,22,31H,3-4,10,21,23H2,1-2H3. The Morgan fingerprint density at radius 2 is 1.70 bits per heavy atom. The maximum Gasteiger partial charge on any atom is 0.118 e. The topological polar surface area (TPSA) is 39.1 Å². The van der Waals surface area contributed by atoms with E-state index in [9.17, 15) is 0 Å². The molecule has 1 heterocycles. The summed E-state index contributed by atoms with van der Waals surface area (Å²) in [6.07, 6.45) is 9.91. The number of rotatable bonds is 11. The molecule has 0 amide bonds. The zero-order chi connectivity index (χ0) is 22.9. The molecule has 3 aromatic carbocycles. The van der Waals surface area contributed by atoms with E-state index in [1.165, 1.54) is 35.1 Å². The summed E-state index contributed by atoms with van der Waals surface area (Å²) in [7, 11) is 1.71. The van der Waals surface area contributed by atoms with Crippen molar-refractivity contribution in [2.45, 2.75) is 44.8 Å². The first-order valence-electron chi connectivity index (χ1n) is 11.7. The summed E-state index contributed by atoms with van der Waals surface area (Å²) in [4.78, 5) is 4.24. The van der Waals surface area contributed by atoms with Crippen LogP contribution in [0.1, 0.15) is 42.0 Å². The van der Waals surface area contributed by atoms with E-state index in [2.05, 4.69) is 88.5 Å². The van der Waals surface area contributed by atoms with Crippen LogP contribution in [0, 0.1) is 0 Å². The monoisotopic (exact) mass is 439 g/mol. The summed E-state index contributed by atoms with van der Waals surface area (Å²) < 4.78 is 7.49. The van der Waals surface area contributed by atoms with Crippen LogP contribution in [0.3, 0.4) is 0 Å². The van der Waals surface area contributed by atoms with E-state index in [0.29, 0.717) is 6.67 Å². The summed E-state index contributed by atoms with van der Waals surface area (Å²) in [6, 6.07) is 28.2. The third kappa shape index (κ3) is 5.35. The van der Waals surface area contributed by atoms with Crippen molar-refractivity contribution in [3.05, 3.63) is 120 Å². The Morgan fingerprint density at radius 1 is 0.939 bits per heavy atom. The van der Waals surface area contributed by atoms with Crippen LogP contribution in [0.2, 0.25) is 0 Å². The molecule has 1 aromatic heterocycles. The van der Waals surface area contributed by atoms with Gasteiger partial charge in [-0.15, -0.1) is 0 Å². The second kappa shape index (κ2) is 11.0. The fourth-order valence-electron chi connectivity index (χ4n) is 4.51. The number of imidazole rings is 1. The van der Waals surface area contributed by atoms with E-state index < -0.39 is 5.54 Å². The zero-order valence-corrected chi connectivity index (χ0v) is 19.6. The summed E-state index contributed by atoms with van der Waals surface area (Å²) in [5.74, 6) is 0.874. The highest BCUT2D eigenvalue weighted by atomic mass is 16.5. The maximum absolute atomic E-state index is 5.40. The molecule has 0 radical (unpaired) electrons. The second-order valence-electron chi connectivity index (χ2n) is 8.47. The number of unbranched alkanes of at least 4 members (excludes halogenated alkanes) is 1. The lowest BCUT2D eigenvalue weighted by atomic mass is 9.75. The van der Waals surface area contributed by atoms with Crippen molar-refractivity contribution in [1.82, 2.24) is 14.9 Å². The van der Waals surface area contributed by atoms with Crippen LogP contribution in [0.5, 0.6) is 5.75 Å². The highest BCUT2D eigenvalue weighted by Gasteiger charge is 2.35. The van der Waals surface area contributed by atoms with Crippen molar-refractivity contribution >= 4 is 0 Å². The Kier molecular flexibility index (Phi) is 7.59. The number of hydrogen-bond acceptors (Lipinski definition) is 3. The molecule has 0 saturated carbocycles. The lowest BCUT2D eigenvalue weighted by Crippen LogP contribution is -2.46. The number of nitrogens with one attached hydrogen (secondary N) is 1. The third-order valence-electron chi connectivity index (χ3n) is 6.29. The zero-order valence-electron chi connectivity index (χ0n) is 19.6. The van der Waals surface area contributed by atoms with E-state index in [1.807, 2.05) is 30.9 Å². The van der Waals surface area contributed by atoms with Gasteiger partial charge in [-0.2, -0.15) is 0 Å². The lowest BCUT2D eigenvalue weighted by Gasteiger charge is -2.38. The van der Waals surface area contributed by atoms with Crippen molar-refractivity contribution in [2.75, 3.05) is 7.11 Å². The van der Waals surface area contributed by atoms with Crippen LogP contribution < -0.4 is 10.1 Å². The number of ether oxygens (including phenoxy) is 1. The van der Waals surface area contributed by atoms with E-state index in [0.717, 1.165) is 18.6 Å². The van der Waals surface area contributed by atoms with Crippen LogP contribution in [0.25, 0.3) is 0 Å². The van der Waals surface area contributed by atoms with Gasteiger partial charge < -0.3 is 9.30 Å². The van der Waals surface area contributed by atoms with Crippen LogP contribution in [-0.2, 0) is 25.0 Å². The normalized spacial score (nSPS) is 12.9. The van der Waals surface area contributed by atoms with Gasteiger partial charge >= 0.3 is 0 Å². The average Bonchev–Trinajstić information content (AvgIpc) is 3.40. The Morgan fingerprint density at radius 3 is 2.39 bits per heavy atom. The van der Waals surface area contributed by atoms with Gasteiger partial charge in [-0.1, -0.05) is 80.1 Å². The van der Waals surface area contributed by atoms with E-state index in [4.69, 9.17) is 4.74 Å². The van der Waals surface area contributed by atoms with Crippen LogP contribution in [-0.4, -0.2) is 16.7 Å². The molecule has 1 unspecified atom stereocenters. The summed E-state index contributed by atoms with van der Waals surface area (Å²) in [6.45, 7) is 2.91. The lowest BCUT2D eigenvalue weighted by molar-refractivity contribution is 0.352. The van der Waals surface area contributed by atoms with Gasteiger partial charge in [0.15, 0.2) is 0 Å². The van der Waals surface area contributed by atoms with Gasteiger partial charge in [0.25, 0.3) is 0 Å². The van der Waals surface area contributed by atoms with Gasteiger partial charge in [-0.05, 0) is 53.6 Å². The molecule has 4 aromatic rings. The minimum Gasteiger partial charge on any atom is -0.497 e. The Labute approximate surface area is 197 Å². The van der Waals surface area contributed by atoms with Crippen LogP contribution in [0.15, 0.2) is 97.6 Å². The molecular formula is C29H33N3O. The first-order chi connectivity index (χ1) is 16.2. The maximum atomic E-state index is 5.40. The van der Waals surface area contributed by atoms with E-state index in [1.54, 1.807) is 7.11 Å². The number of aryl methyl sites for hydroxylation is 1. The highest BCUT2D eigenvalue weighted by Crippen LogP contribution is 2.36. The Hall–Kier alpha value is -3.37. The Bertz CT molecular complexity index is 1110. The summed E-state index contributed by atoms with van der Waals surface area (Å²) in [5.41, 5.74) is 4.84. The van der Waals surface area contributed by atoms with Crippen LogP contribution in [0.4, 0.5) is 0 Å². The summed E-state index contributed by atoms with van der Waals surface area (Å²) >= 11 is 0. The molecule has 0 aliphatic carbocycles. The first kappa shape index (κ1) is 22.8. The predicted molar refractivity (Wildman–Crippen MR) is 134 cm³/mol. The SMILES string of the molecule is CCCCc1ccccc1C(Cc1ccc(OC)cc1)(NCn1ccnc1)c1ccccc1. The molecule has 0 spiro atoms. The molecule has 1 N–H and O–H groups in total. The molecule has 33 heavy (non-hydrogen) atoms. The molecule has 0 aliphatic heterocycles. The number of benzene rings is 3. The van der Waals surface area contributed by atoms with Gasteiger partial charge in [0.05, 0.1) is 25.6 Å². The summed E-state index contributed by atoms with van der Waals surface area (Å²) in [5, 5.41) is 3.95. The van der Waals surface area contributed by atoms with Crippen LogP contribution >= 0.6 is 0 Å². The van der Waals surface area contributed by atoms with Crippen molar-refractivity contribution in [3.8, 4) is 5.75 Å². The third-order valence-corrected chi connectivity index (χ3v) is 6.29. The molecule has 1 atom stereocenters. The molecule has 0 bridgehead atoms. The Balaban J connectivity index is 1.85. The molecule has 4 rings (SSSR count). The van der Waals surface area contributed by atoms with Crippen molar-refractivity contribution in [2.24, 2.45) is 0 Å². The minimum atomic E-state index is -0.398. The van der Waals surface area contributed by atoms with Gasteiger partial charge in [0.1, 0.15) is 5.75 Å². The highest BCUT2D eigenvalue weighted by molar-refractivity contribution is 5.45. The quantitative estimate of drug-likeness (QED) is 0.313. The second-order valence-corrected chi connectivity index (χ2v) is 8.47. The number of nitrogens with zero attached hydrogens (tertiary/aromatic N) is 2. The molecule has 170 valence electrons. The molecular weight excluding hydrogens is 406 g/mol. The number of methoxy groups -OCH3 is 1. The van der Waals surface area contributed by atoms with Gasteiger partial charge in [0.2, 0.25) is 0 Å². The molecule has 4 nitrogen and oxygen atoms in total. The number of aromatic nitrogens is 2. The van der Waals surface area contributed by atoms with Crippen molar-refractivity contribution in [1.29, 1.82) is 0 Å². The largest absolute Gasteiger partial charge is 0.497 e. The fourth-order valence-corrected chi connectivity index (χ4v) is 4.51. The first-order valence-corrected chi connectivity index (χ1v) is 11.7. The van der Waals surface area contributed by atoms with Gasteiger partial charge in [0, 0.05) is 12.4 Å². The molecule has 0 aliphatic rings. The molecule has 0 saturated heterocycles. The predicted octanol–water partition coefficient (Wildman–Crippen LogP) is 5.97.